The van der Waals surface area contributed by atoms with Gasteiger partial charge in [-0.2, -0.15) is 0 Å². The summed E-state index contributed by atoms with van der Waals surface area (Å²) in [6.45, 7) is 5.76. The standard InChI is InChI=1S/C21H20BrNO4/c1-11(2)27-20-16(22)8-13(9-18(20)26-4)17-10-15(21(24)25)14-7-5-6-12(3)19(14)23-17/h5-11H,1-4H3,(H,24,25)/p-1. The first-order valence-corrected chi connectivity index (χ1v) is 9.27. The fourth-order valence-electron chi connectivity index (χ4n) is 2.93. The molecule has 0 radical (unpaired) electrons. The van der Waals surface area contributed by atoms with Crippen LogP contribution in [0.5, 0.6) is 11.5 Å². The molecule has 1 aromatic heterocycles. The number of fused-ring (bicyclic) bond motifs is 1. The van der Waals surface area contributed by atoms with Crippen molar-refractivity contribution in [3.63, 3.8) is 0 Å². The van der Waals surface area contributed by atoms with Crippen LogP contribution in [0.25, 0.3) is 22.2 Å². The Bertz CT molecular complexity index is 1030. The molecule has 0 amide bonds. The molecule has 0 spiro atoms. The minimum atomic E-state index is -1.24. The summed E-state index contributed by atoms with van der Waals surface area (Å²) in [7, 11) is 1.56. The van der Waals surface area contributed by atoms with Crippen LogP contribution in [0.2, 0.25) is 0 Å². The van der Waals surface area contributed by atoms with Crippen LogP contribution in [0.4, 0.5) is 0 Å². The normalized spacial score (nSPS) is 11.0. The maximum Gasteiger partial charge on any atom is 0.175 e. The first-order valence-electron chi connectivity index (χ1n) is 8.48. The number of para-hydroxylation sites is 1. The number of hydrogen-bond acceptors (Lipinski definition) is 5. The summed E-state index contributed by atoms with van der Waals surface area (Å²) in [4.78, 5) is 16.4. The molecule has 6 heteroatoms. The van der Waals surface area contributed by atoms with E-state index in [-0.39, 0.29) is 11.7 Å². The Balaban J connectivity index is 2.25. The van der Waals surface area contributed by atoms with Crippen LogP contribution in [0.3, 0.4) is 0 Å². The lowest BCUT2D eigenvalue weighted by molar-refractivity contribution is -0.254. The summed E-state index contributed by atoms with van der Waals surface area (Å²) in [5.41, 5.74) is 2.86. The van der Waals surface area contributed by atoms with E-state index in [2.05, 4.69) is 20.9 Å². The number of carboxylic acid groups (broad SMARTS) is 1. The molecule has 0 unspecified atom stereocenters. The second-order valence-electron chi connectivity index (χ2n) is 6.47. The fourth-order valence-corrected chi connectivity index (χ4v) is 3.46. The van der Waals surface area contributed by atoms with Gasteiger partial charge < -0.3 is 19.4 Å². The van der Waals surface area contributed by atoms with Gasteiger partial charge in [0.05, 0.1) is 34.9 Å². The largest absolute Gasteiger partial charge is 0.545 e. The maximum absolute atomic E-state index is 11.7. The topological polar surface area (TPSA) is 71.5 Å². The number of carbonyl (C=O) groups is 1. The third-order valence-electron chi connectivity index (χ3n) is 4.14. The van der Waals surface area contributed by atoms with Crippen LogP contribution in [0, 0.1) is 6.92 Å². The van der Waals surface area contributed by atoms with Gasteiger partial charge in [0.25, 0.3) is 0 Å². The molecule has 0 bridgehead atoms. The second kappa shape index (κ2) is 7.56. The lowest BCUT2D eigenvalue weighted by Gasteiger charge is -2.17. The molecule has 0 saturated heterocycles. The van der Waals surface area contributed by atoms with Crippen LogP contribution in [-0.4, -0.2) is 24.2 Å². The van der Waals surface area contributed by atoms with Crippen molar-refractivity contribution in [1.29, 1.82) is 0 Å². The second-order valence-corrected chi connectivity index (χ2v) is 7.32. The smallest absolute Gasteiger partial charge is 0.175 e. The van der Waals surface area contributed by atoms with Crippen molar-refractivity contribution in [2.75, 3.05) is 7.11 Å². The number of halogens is 1. The monoisotopic (exact) mass is 428 g/mol. The average molecular weight is 429 g/mol. The number of benzene rings is 2. The van der Waals surface area contributed by atoms with E-state index < -0.39 is 5.97 Å². The molecular weight excluding hydrogens is 410 g/mol. The SMILES string of the molecule is COc1cc(-c2cc(C(=O)[O-])c3cccc(C)c3n2)cc(Br)c1OC(C)C. The average Bonchev–Trinajstić information content (AvgIpc) is 2.62. The number of pyridine rings is 1. The molecule has 27 heavy (non-hydrogen) atoms. The molecule has 0 atom stereocenters. The predicted molar refractivity (Wildman–Crippen MR) is 106 cm³/mol. The maximum atomic E-state index is 11.7. The van der Waals surface area contributed by atoms with Gasteiger partial charge >= 0.3 is 0 Å². The van der Waals surface area contributed by atoms with Crippen LogP contribution in [-0.2, 0) is 0 Å². The van der Waals surface area contributed by atoms with Crippen molar-refractivity contribution >= 4 is 32.8 Å². The van der Waals surface area contributed by atoms with Gasteiger partial charge in [-0.05, 0) is 60.5 Å². The van der Waals surface area contributed by atoms with Crippen molar-refractivity contribution in [3.05, 3.63) is 52.0 Å². The molecule has 0 aliphatic carbocycles. The predicted octanol–water partition coefficient (Wildman–Crippen LogP) is 4.13. The quantitative estimate of drug-likeness (QED) is 0.610. The molecule has 140 valence electrons. The van der Waals surface area contributed by atoms with Gasteiger partial charge in [0, 0.05) is 16.5 Å². The number of hydrogen-bond donors (Lipinski definition) is 0. The highest BCUT2D eigenvalue weighted by molar-refractivity contribution is 9.10. The summed E-state index contributed by atoms with van der Waals surface area (Å²) < 4.78 is 12.0. The minimum Gasteiger partial charge on any atom is -0.545 e. The third-order valence-corrected chi connectivity index (χ3v) is 4.73. The highest BCUT2D eigenvalue weighted by Gasteiger charge is 2.16. The number of aromatic carboxylic acids is 1. The minimum absolute atomic E-state index is 0.0211. The Hall–Kier alpha value is -2.60. The van der Waals surface area contributed by atoms with Gasteiger partial charge in [0.1, 0.15) is 0 Å². The van der Waals surface area contributed by atoms with Crippen LogP contribution >= 0.6 is 15.9 Å². The molecule has 1 heterocycles. The summed E-state index contributed by atoms with van der Waals surface area (Å²) in [5.74, 6) is -0.108. The summed E-state index contributed by atoms with van der Waals surface area (Å²) >= 11 is 3.51. The van der Waals surface area contributed by atoms with E-state index in [0.717, 1.165) is 5.56 Å². The van der Waals surface area contributed by atoms with Crippen molar-refractivity contribution in [3.8, 4) is 22.8 Å². The van der Waals surface area contributed by atoms with Crippen LogP contribution < -0.4 is 14.6 Å². The lowest BCUT2D eigenvalue weighted by atomic mass is 10.0. The number of aryl methyl sites for hydroxylation is 1. The molecule has 0 aliphatic heterocycles. The Morgan fingerprint density at radius 3 is 2.59 bits per heavy atom. The Kier molecular flexibility index (Phi) is 5.37. The number of carboxylic acids is 1. The zero-order valence-corrected chi connectivity index (χ0v) is 17.1. The van der Waals surface area contributed by atoms with Crippen molar-refractivity contribution < 1.29 is 19.4 Å². The zero-order chi connectivity index (χ0) is 19.7. The van der Waals surface area contributed by atoms with Gasteiger partial charge in [-0.3, -0.25) is 0 Å². The van der Waals surface area contributed by atoms with Crippen molar-refractivity contribution in [1.82, 2.24) is 4.98 Å². The Morgan fingerprint density at radius 1 is 1.22 bits per heavy atom. The van der Waals surface area contributed by atoms with Crippen molar-refractivity contribution in [2.24, 2.45) is 0 Å². The first kappa shape index (κ1) is 19.2. The highest BCUT2D eigenvalue weighted by Crippen LogP contribution is 2.40. The summed E-state index contributed by atoms with van der Waals surface area (Å²) in [6.07, 6.45) is -0.0211. The number of aromatic nitrogens is 1. The van der Waals surface area contributed by atoms with E-state index >= 15 is 0 Å². The number of methoxy groups -OCH3 is 1. The van der Waals surface area contributed by atoms with Crippen LogP contribution in [0.15, 0.2) is 40.9 Å². The number of ether oxygens (including phenoxy) is 2. The van der Waals surface area contributed by atoms with E-state index in [9.17, 15) is 9.90 Å². The highest BCUT2D eigenvalue weighted by atomic mass is 79.9. The van der Waals surface area contributed by atoms with Gasteiger partial charge in [-0.15, -0.1) is 0 Å². The summed E-state index contributed by atoms with van der Waals surface area (Å²) in [5, 5.41) is 12.2. The first-order chi connectivity index (χ1) is 12.8. The molecular formula is C21H19BrNO4-. The fraction of sp³-hybridized carbons (Fsp3) is 0.238. The molecule has 3 rings (SSSR count). The van der Waals surface area contributed by atoms with Crippen molar-refractivity contribution in [2.45, 2.75) is 26.9 Å². The molecule has 0 N–H and O–H groups in total. The molecule has 0 saturated carbocycles. The third kappa shape index (κ3) is 3.76. The number of carbonyl (C=O) groups excluding carboxylic acids is 1. The molecule has 5 nitrogen and oxygen atoms in total. The Labute approximate surface area is 166 Å². The van der Waals surface area contributed by atoms with E-state index in [1.807, 2.05) is 39.0 Å². The summed E-state index contributed by atoms with van der Waals surface area (Å²) in [6, 6.07) is 10.6. The lowest BCUT2D eigenvalue weighted by Crippen LogP contribution is -2.22. The van der Waals surface area contributed by atoms with Crippen LogP contribution in [0.1, 0.15) is 29.8 Å². The van der Waals surface area contributed by atoms with Gasteiger partial charge in [0.2, 0.25) is 0 Å². The molecule has 0 aliphatic rings. The van der Waals surface area contributed by atoms with Gasteiger partial charge in [-0.25, -0.2) is 4.98 Å². The van der Waals surface area contributed by atoms with Gasteiger partial charge in [-0.1, -0.05) is 18.2 Å². The molecule has 0 fully saturated rings. The Morgan fingerprint density at radius 2 is 1.96 bits per heavy atom. The van der Waals surface area contributed by atoms with E-state index in [4.69, 9.17) is 9.47 Å². The molecule has 3 aromatic rings. The van der Waals surface area contributed by atoms with Gasteiger partial charge in [0.15, 0.2) is 11.5 Å². The van der Waals surface area contributed by atoms with E-state index in [1.54, 1.807) is 19.2 Å². The van der Waals surface area contributed by atoms with E-state index in [0.29, 0.717) is 38.1 Å². The zero-order valence-electron chi connectivity index (χ0n) is 15.5. The van der Waals surface area contributed by atoms with E-state index in [1.165, 1.54) is 6.07 Å². The number of nitrogens with zero attached hydrogens (tertiary/aromatic N) is 1. The number of rotatable bonds is 5. The molecule has 2 aromatic carbocycles.